The molecule has 5 heterocycles. The predicted molar refractivity (Wildman–Crippen MR) is 263 cm³/mol. The van der Waals surface area contributed by atoms with Gasteiger partial charge in [-0.15, -0.1) is 4.33 Å². The quantitative estimate of drug-likeness (QED) is 0.00978. The maximum atomic E-state index is 13.0. The van der Waals surface area contributed by atoms with Crippen molar-refractivity contribution >= 4 is 96.8 Å². The number of ether oxygens (including phenoxy) is 10. The molecule has 25 atom stereocenters. The van der Waals surface area contributed by atoms with E-state index in [-0.39, 0.29) is 0 Å². The second kappa shape index (κ2) is 31.4. The molecule has 10 unspecified atom stereocenters. The van der Waals surface area contributed by atoms with Crippen molar-refractivity contribution in [1.82, 2.24) is 14.2 Å². The summed E-state index contributed by atoms with van der Waals surface area (Å²) in [6.45, 7) is -4.83. The van der Waals surface area contributed by atoms with Gasteiger partial charge < -0.3 is 88.2 Å². The van der Waals surface area contributed by atoms with Crippen molar-refractivity contribution in [2.75, 3.05) is 26.9 Å². The molecule has 0 aromatic rings. The summed E-state index contributed by atoms with van der Waals surface area (Å²) in [5.74, 6) is -4.76. The van der Waals surface area contributed by atoms with E-state index in [1.165, 1.54) is 14.2 Å². The molecule has 0 aromatic heterocycles. The average Bonchev–Trinajstić information content (AvgIpc) is 0.771. The fourth-order valence-electron chi connectivity index (χ4n) is 8.92. The minimum atomic E-state index is -6.11. The molecule has 0 aromatic carbocycles. The first-order valence-corrected chi connectivity index (χ1v) is 34.0. The van der Waals surface area contributed by atoms with E-state index in [0.29, 0.717) is 0 Å². The van der Waals surface area contributed by atoms with Gasteiger partial charge in [-0.3, -0.25) is 36.1 Å². The molecule has 60 heteroatoms. The molecule has 19 N–H and O–H groups in total. The van der Waals surface area contributed by atoms with E-state index < -0.39 is 270 Å². The van der Waals surface area contributed by atoms with Gasteiger partial charge in [-0.25, -0.2) is 31.6 Å². The number of carbonyl (C=O) groups is 2. The highest BCUT2D eigenvalue weighted by Crippen LogP contribution is 2.39. The van der Waals surface area contributed by atoms with Crippen LogP contribution in [-0.2, 0) is 160 Å². The number of methoxy groups -OCH3 is 1. The number of aliphatic hydroxyl groups excluding tert-OH is 6. The van der Waals surface area contributed by atoms with E-state index in [4.69, 9.17) is 61.4 Å². The molecular formula is C31H53N3O49S8. The average molecular weight is 1510 g/mol. The van der Waals surface area contributed by atoms with Crippen LogP contribution in [0, 0.1) is 0 Å². The van der Waals surface area contributed by atoms with Gasteiger partial charge in [0.05, 0.1) is 19.8 Å². The lowest BCUT2D eigenvalue weighted by Crippen LogP contribution is -2.71. The van der Waals surface area contributed by atoms with Gasteiger partial charge in [0.25, 0.3) is 0 Å². The number of nitrogens with one attached hydrogen (secondary N) is 3. The van der Waals surface area contributed by atoms with Crippen LogP contribution in [0.5, 0.6) is 0 Å². The van der Waals surface area contributed by atoms with Crippen molar-refractivity contribution in [2.24, 2.45) is 0 Å². The highest BCUT2D eigenvalue weighted by Gasteiger charge is 2.61. The number of aliphatic carboxylic acids is 2. The fourth-order valence-corrected chi connectivity index (χ4v) is 12.5. The third-order valence-corrected chi connectivity index (χ3v) is 16.3. The summed E-state index contributed by atoms with van der Waals surface area (Å²) in [6, 6.07) is -7.75. The van der Waals surface area contributed by atoms with Crippen molar-refractivity contribution < 1.29 is 224 Å². The number of carboxylic acid groups (broad SMARTS) is 2. The minimum Gasteiger partial charge on any atom is -0.479 e. The number of hydrogen-bond acceptors (Lipinski definition) is 41. The van der Waals surface area contributed by atoms with Crippen LogP contribution in [0.1, 0.15) is 0 Å². The molecule has 52 nitrogen and oxygen atoms in total. The Morgan fingerprint density at radius 2 is 0.813 bits per heavy atom. The van der Waals surface area contributed by atoms with E-state index >= 15 is 0 Å². The highest BCUT2D eigenvalue weighted by molar-refractivity contribution is 7.89. The topological polar surface area (TPSA) is 790 Å². The van der Waals surface area contributed by atoms with Crippen LogP contribution in [0.3, 0.4) is 0 Å². The van der Waals surface area contributed by atoms with E-state index in [1.807, 2.05) is 0 Å². The van der Waals surface area contributed by atoms with E-state index in [0.717, 1.165) is 7.11 Å². The zero-order chi connectivity index (χ0) is 69.1. The van der Waals surface area contributed by atoms with Crippen LogP contribution in [0.2, 0.25) is 0 Å². The van der Waals surface area contributed by atoms with E-state index in [2.05, 4.69) is 26.1 Å². The molecule has 534 valence electrons. The molecule has 5 aliphatic heterocycles. The van der Waals surface area contributed by atoms with Gasteiger partial charge >= 0.3 is 84.4 Å². The third kappa shape index (κ3) is 23.1. The smallest absolute Gasteiger partial charge is 0.397 e. The molecule has 0 saturated carbocycles. The van der Waals surface area contributed by atoms with Crippen LogP contribution in [0.15, 0.2) is 0 Å². The maximum Gasteiger partial charge on any atom is 0.397 e. The standard InChI is InChI=1S/C31H53N3O49S8/c1-67-27-9(33-86(49,50)51)13(37)17(6(72-27)3-69-89(58,59)60)74-31-22(81-91(64,65)66)16(40)21(24(79-31)26(43)44)77-29-10(34-87(52,53)54)19(80-84-83-82-45)18(7(73-29)4-70-90(61,62)63)75-30-15(39)14(38)20(23(78-30)25(41)42)76-28-8(32-85(46,47)48)12(36)11(35)5(71-28)2-68-88(55,56)57/h5-24,27-40,45H,2-4H2,1H3,(H,41,42)(H,43,44)(H,46,47,48)(H,49,50,51)(H,52,53,54)(H,55,56,57)(H,58,59,60)(H,61,62,63)(H,64,65,66)/t5?,6?,7?,8?,9?,10?,11-,12+,13+,14+,15?,16+,17-,18-,19+,20+,21+,22?,23?,24?,27+,28-,29-,30+,31+/m0/s1. The first-order valence-electron chi connectivity index (χ1n) is 23.5. The molecular weight excluding hydrogens is 1450 g/mol. The second-order valence-corrected chi connectivity index (χ2v) is 26.8. The Labute approximate surface area is 513 Å². The fraction of sp³-hybridized carbons (Fsp3) is 0.935. The first kappa shape index (κ1) is 79.3. The first-order chi connectivity index (χ1) is 41.5. The molecule has 5 rings (SSSR count). The number of carboxylic acids is 2. The molecule has 0 aliphatic carbocycles. The zero-order valence-corrected chi connectivity index (χ0v) is 50.5. The second-order valence-electron chi connectivity index (χ2n) is 18.5. The third-order valence-electron chi connectivity index (χ3n) is 12.4. The Morgan fingerprint density at radius 1 is 0.418 bits per heavy atom. The molecule has 5 aliphatic rings. The van der Waals surface area contributed by atoms with Gasteiger partial charge in [-0.05, 0) is 0 Å². The minimum absolute atomic E-state index is 0.672. The van der Waals surface area contributed by atoms with Gasteiger partial charge in [-0.2, -0.15) is 73.1 Å². The lowest BCUT2D eigenvalue weighted by Gasteiger charge is -2.50. The molecule has 5 fully saturated rings. The largest absolute Gasteiger partial charge is 0.479 e. The monoisotopic (exact) mass is 1510 g/mol. The van der Waals surface area contributed by atoms with Crippen molar-refractivity contribution in [3.8, 4) is 0 Å². The molecule has 0 radical (unpaired) electrons. The van der Waals surface area contributed by atoms with Crippen LogP contribution in [-0.4, -0.2) is 329 Å². The van der Waals surface area contributed by atoms with Gasteiger partial charge in [0.2, 0.25) is 0 Å². The van der Waals surface area contributed by atoms with Gasteiger partial charge in [0.1, 0.15) is 104 Å². The lowest BCUT2D eigenvalue weighted by molar-refractivity contribution is -0.435. The van der Waals surface area contributed by atoms with Gasteiger partial charge in [-0.1, -0.05) is 5.04 Å². The Balaban J connectivity index is 1.59. The van der Waals surface area contributed by atoms with E-state index in [1.54, 1.807) is 0 Å². The maximum absolute atomic E-state index is 13.0. The zero-order valence-electron chi connectivity index (χ0n) is 43.9. The summed E-state index contributed by atoms with van der Waals surface area (Å²) >= 11 is -0.672. The SMILES string of the molecule is CO[C@@H]1OC(COS(=O)(=O)O)[C@H](O[C@@H]2OC(C(=O)O)[C@H](O[C@@H]3OC(COS(=O)(=O)O)[C@H](O[C@@H]4OC(C(=O)O)[C@H](O[C@@H]5OC(COS(=O)(=O)O)[C@H](O)[C@H](O)C5NS(=O)(=O)O)[C@H](O)C4O)[C@H](OSOOO)C3NS(=O)(=O)O)[C@@H](O)C2OS(=O)(=O)O)[C@H](O)C1NS(=O)(=O)O. The molecule has 5 saturated heterocycles. The van der Waals surface area contributed by atoms with Crippen molar-refractivity contribution in [3.63, 3.8) is 0 Å². The highest BCUT2D eigenvalue weighted by atomic mass is 32.3. The summed E-state index contributed by atoms with van der Waals surface area (Å²) in [7, 11) is -39.1. The summed E-state index contributed by atoms with van der Waals surface area (Å²) in [5.41, 5.74) is 0. The Kier molecular flexibility index (Phi) is 27.4. The Morgan fingerprint density at radius 3 is 1.26 bits per heavy atom. The van der Waals surface area contributed by atoms with Crippen LogP contribution in [0.4, 0.5) is 0 Å². The summed E-state index contributed by atoms with van der Waals surface area (Å²) < 4.78 is 318. The molecule has 0 bridgehead atoms. The number of rotatable bonds is 32. The predicted octanol–water partition coefficient (Wildman–Crippen LogP) is -12.6. The van der Waals surface area contributed by atoms with Crippen LogP contribution < -0.4 is 14.2 Å². The summed E-state index contributed by atoms with van der Waals surface area (Å²) in [6.07, 6.45) is -60.9. The molecule has 0 amide bonds. The van der Waals surface area contributed by atoms with Gasteiger partial charge in [0, 0.05) is 7.11 Å². The van der Waals surface area contributed by atoms with Crippen LogP contribution >= 0.6 is 12.3 Å². The molecule has 91 heavy (non-hydrogen) atoms. The number of aliphatic hydroxyl groups is 6. The lowest BCUT2D eigenvalue weighted by atomic mass is 9.94. The van der Waals surface area contributed by atoms with Gasteiger partial charge in [0.15, 0.2) is 62.1 Å². The molecule has 0 spiro atoms. The summed E-state index contributed by atoms with van der Waals surface area (Å²) in [4.78, 5) is 25.9. The number of hydrogen-bond donors (Lipinski definition) is 19. The van der Waals surface area contributed by atoms with E-state index in [9.17, 15) is 137 Å². The summed E-state index contributed by atoms with van der Waals surface area (Å²) in [5, 5.41) is 100. The Hall–Kier alpha value is -2.42. The normalized spacial score (nSPS) is 38.5. The van der Waals surface area contributed by atoms with Crippen molar-refractivity contribution in [3.05, 3.63) is 0 Å². The van der Waals surface area contributed by atoms with Crippen LogP contribution in [0.25, 0.3) is 0 Å². The van der Waals surface area contributed by atoms with Crippen molar-refractivity contribution in [1.29, 1.82) is 0 Å². The Bertz CT molecular complexity index is 3290. The van der Waals surface area contributed by atoms with Crippen molar-refractivity contribution in [2.45, 2.75) is 153 Å².